The van der Waals surface area contributed by atoms with Crippen molar-refractivity contribution in [3.63, 3.8) is 0 Å². The molecule has 3 heteroatoms. The van der Waals surface area contributed by atoms with Crippen molar-refractivity contribution in [2.45, 2.75) is 105 Å². The van der Waals surface area contributed by atoms with E-state index in [2.05, 4.69) is 41.2 Å². The van der Waals surface area contributed by atoms with E-state index in [4.69, 9.17) is 0 Å². The zero-order valence-electron chi connectivity index (χ0n) is 21.8. The van der Waals surface area contributed by atoms with E-state index in [9.17, 15) is 15.0 Å². The molecule has 0 aromatic carbocycles. The number of carbonyl (C=O) groups is 1. The van der Waals surface area contributed by atoms with Crippen molar-refractivity contribution in [1.29, 1.82) is 0 Å². The highest BCUT2D eigenvalue weighted by molar-refractivity contribution is 5.73. The molecule has 0 heterocycles. The Kier molecular flexibility index (Phi) is 5.40. The van der Waals surface area contributed by atoms with Crippen molar-refractivity contribution < 1.29 is 15.0 Å². The standard InChI is InChI=1S/C30H48O3/c1-19(17-31)20-9-14-30(18-32)16-15-28(5)21(25(20)30)7-8-23-27(4)12-11-24(33)26(2,3)22(27)10-13-29(23,28)6/h17,20-25,32-33H,1,7-16,18H2,2-6H3/t20-,21+,22-,23+,24-,25+,27-,28+,29+,30+/m0/s1. The average Bonchev–Trinajstić information content (AvgIpc) is 3.17. The maximum atomic E-state index is 11.8. The molecule has 2 N–H and O–H groups in total. The topological polar surface area (TPSA) is 57.5 Å². The van der Waals surface area contributed by atoms with Gasteiger partial charge in [0.1, 0.15) is 6.29 Å². The lowest BCUT2D eigenvalue weighted by Crippen LogP contribution is -2.66. The number of aliphatic hydroxyl groups excluding tert-OH is 2. The number of carbonyl (C=O) groups excluding carboxylic acids is 1. The summed E-state index contributed by atoms with van der Waals surface area (Å²) in [5.74, 6) is 2.47. The van der Waals surface area contributed by atoms with E-state index >= 15 is 0 Å². The van der Waals surface area contributed by atoms with Crippen LogP contribution in [-0.2, 0) is 4.79 Å². The number of aliphatic hydroxyl groups is 2. The third-order valence-corrected chi connectivity index (χ3v) is 13.5. The molecule has 0 bridgehead atoms. The predicted molar refractivity (Wildman–Crippen MR) is 132 cm³/mol. The van der Waals surface area contributed by atoms with Crippen LogP contribution in [0.15, 0.2) is 12.2 Å². The fourth-order valence-electron chi connectivity index (χ4n) is 11.5. The Morgan fingerprint density at radius 2 is 1.61 bits per heavy atom. The second kappa shape index (κ2) is 7.42. The van der Waals surface area contributed by atoms with Crippen LogP contribution in [0.1, 0.15) is 98.8 Å². The van der Waals surface area contributed by atoms with E-state index in [0.717, 1.165) is 44.0 Å². The third-order valence-electron chi connectivity index (χ3n) is 13.5. The van der Waals surface area contributed by atoms with Gasteiger partial charge in [0.25, 0.3) is 0 Å². The van der Waals surface area contributed by atoms with Crippen LogP contribution in [0.3, 0.4) is 0 Å². The third kappa shape index (κ3) is 2.85. The molecule has 5 aliphatic rings. The van der Waals surface area contributed by atoms with E-state index in [-0.39, 0.29) is 45.7 Å². The SMILES string of the molecule is C=C(C=O)[C@@H]1CC[C@]2(CO)CC[C@]3(C)[C@H](CC[C@@H]4[C@@]5(C)CC[C@H](O)C(C)(C)[C@@H]5CC[C@]43C)[C@@H]12. The number of fused-ring (bicyclic) bond motifs is 7. The second-order valence-electron chi connectivity index (χ2n) is 14.4. The van der Waals surface area contributed by atoms with E-state index < -0.39 is 0 Å². The van der Waals surface area contributed by atoms with Crippen molar-refractivity contribution in [1.82, 2.24) is 0 Å². The van der Waals surface area contributed by atoms with Gasteiger partial charge in [-0.2, -0.15) is 0 Å². The number of allylic oxidation sites excluding steroid dienone is 1. The van der Waals surface area contributed by atoms with Crippen LogP contribution < -0.4 is 0 Å². The largest absolute Gasteiger partial charge is 0.396 e. The molecule has 0 aromatic heterocycles. The van der Waals surface area contributed by atoms with Gasteiger partial charge in [0, 0.05) is 6.61 Å². The first-order chi connectivity index (χ1) is 15.4. The molecule has 0 spiro atoms. The van der Waals surface area contributed by atoms with Gasteiger partial charge in [-0.3, -0.25) is 4.79 Å². The summed E-state index contributed by atoms with van der Waals surface area (Å²) in [6.07, 6.45) is 12.2. The molecule has 0 radical (unpaired) electrons. The summed E-state index contributed by atoms with van der Waals surface area (Å²) in [6, 6.07) is 0. The fraction of sp³-hybridized carbons (Fsp3) is 0.900. The fourth-order valence-corrected chi connectivity index (χ4v) is 11.5. The molecule has 10 atom stereocenters. The molecule has 5 aliphatic carbocycles. The zero-order valence-corrected chi connectivity index (χ0v) is 21.8. The minimum absolute atomic E-state index is 0.0110. The van der Waals surface area contributed by atoms with Crippen LogP contribution in [0, 0.1) is 56.7 Å². The molecule has 5 fully saturated rings. The molecule has 5 saturated carbocycles. The minimum Gasteiger partial charge on any atom is -0.396 e. The van der Waals surface area contributed by atoms with Crippen molar-refractivity contribution in [2.75, 3.05) is 6.61 Å². The maximum absolute atomic E-state index is 11.8. The lowest BCUT2D eigenvalue weighted by molar-refractivity contribution is -0.249. The molecular weight excluding hydrogens is 408 g/mol. The molecule has 5 rings (SSSR count). The summed E-state index contributed by atoms with van der Waals surface area (Å²) in [7, 11) is 0. The summed E-state index contributed by atoms with van der Waals surface area (Å²) >= 11 is 0. The number of hydrogen-bond acceptors (Lipinski definition) is 3. The highest BCUT2D eigenvalue weighted by Gasteiger charge is 2.70. The Balaban J connectivity index is 1.55. The van der Waals surface area contributed by atoms with E-state index in [1.807, 2.05) is 0 Å². The maximum Gasteiger partial charge on any atom is 0.145 e. The van der Waals surface area contributed by atoms with Crippen LogP contribution in [0.5, 0.6) is 0 Å². The molecular formula is C30H48O3. The number of rotatable bonds is 3. The Bertz CT molecular complexity index is 832. The summed E-state index contributed by atoms with van der Waals surface area (Å²) in [5.41, 5.74) is 1.54. The number of hydrogen-bond donors (Lipinski definition) is 2. The molecule has 0 unspecified atom stereocenters. The van der Waals surface area contributed by atoms with Gasteiger partial charge in [0.2, 0.25) is 0 Å². The molecule has 33 heavy (non-hydrogen) atoms. The average molecular weight is 457 g/mol. The van der Waals surface area contributed by atoms with Crippen molar-refractivity contribution in [2.24, 2.45) is 56.7 Å². The van der Waals surface area contributed by atoms with E-state index in [1.54, 1.807) is 0 Å². The van der Waals surface area contributed by atoms with Crippen molar-refractivity contribution >= 4 is 6.29 Å². The smallest absolute Gasteiger partial charge is 0.145 e. The minimum atomic E-state index is -0.180. The molecule has 0 aliphatic heterocycles. The van der Waals surface area contributed by atoms with Crippen LogP contribution in [-0.4, -0.2) is 29.2 Å². The Morgan fingerprint density at radius 3 is 2.27 bits per heavy atom. The highest BCUT2D eigenvalue weighted by Crippen LogP contribution is 2.77. The summed E-state index contributed by atoms with van der Waals surface area (Å²) < 4.78 is 0. The summed E-state index contributed by atoms with van der Waals surface area (Å²) in [5, 5.41) is 21.5. The van der Waals surface area contributed by atoms with Gasteiger partial charge in [0.15, 0.2) is 0 Å². The lowest BCUT2D eigenvalue weighted by atomic mass is 9.32. The van der Waals surface area contributed by atoms with Crippen molar-refractivity contribution in [3.05, 3.63) is 12.2 Å². The van der Waals surface area contributed by atoms with Crippen LogP contribution in [0.4, 0.5) is 0 Å². The summed E-state index contributed by atoms with van der Waals surface area (Å²) in [6.45, 7) is 16.9. The molecule has 0 saturated heterocycles. The normalized spacial score (nSPS) is 55.0. The first-order valence-corrected chi connectivity index (χ1v) is 13.8. The first kappa shape index (κ1) is 24.0. The quantitative estimate of drug-likeness (QED) is 0.394. The van der Waals surface area contributed by atoms with Crippen LogP contribution in [0.2, 0.25) is 0 Å². The van der Waals surface area contributed by atoms with Gasteiger partial charge in [-0.15, -0.1) is 0 Å². The monoisotopic (exact) mass is 456 g/mol. The Morgan fingerprint density at radius 1 is 0.879 bits per heavy atom. The zero-order chi connectivity index (χ0) is 24.0. The van der Waals surface area contributed by atoms with E-state index in [0.29, 0.717) is 23.7 Å². The Hall–Kier alpha value is -0.670. The van der Waals surface area contributed by atoms with Gasteiger partial charge in [-0.25, -0.2) is 0 Å². The van der Waals surface area contributed by atoms with Gasteiger partial charge in [-0.05, 0) is 126 Å². The number of aldehydes is 1. The predicted octanol–water partition coefficient (Wildman–Crippen LogP) is 6.18. The second-order valence-corrected chi connectivity index (χ2v) is 14.4. The van der Waals surface area contributed by atoms with E-state index in [1.165, 1.54) is 32.1 Å². The lowest BCUT2D eigenvalue weighted by Gasteiger charge is -2.73. The van der Waals surface area contributed by atoms with Gasteiger partial charge < -0.3 is 10.2 Å². The molecule has 186 valence electrons. The molecule has 0 amide bonds. The first-order valence-electron chi connectivity index (χ1n) is 13.8. The van der Waals surface area contributed by atoms with Gasteiger partial charge >= 0.3 is 0 Å². The highest BCUT2D eigenvalue weighted by atomic mass is 16.3. The molecule has 0 aromatic rings. The van der Waals surface area contributed by atoms with Gasteiger partial charge in [0.05, 0.1) is 6.10 Å². The summed E-state index contributed by atoms with van der Waals surface area (Å²) in [4.78, 5) is 11.8. The van der Waals surface area contributed by atoms with Crippen LogP contribution >= 0.6 is 0 Å². The molecule has 3 nitrogen and oxygen atoms in total. The van der Waals surface area contributed by atoms with Crippen molar-refractivity contribution in [3.8, 4) is 0 Å². The van der Waals surface area contributed by atoms with Crippen LogP contribution in [0.25, 0.3) is 0 Å². The van der Waals surface area contributed by atoms with Gasteiger partial charge in [-0.1, -0.05) is 41.2 Å². The Labute approximate surface area is 201 Å².